The molecule has 8 nitrogen and oxygen atoms in total. The van der Waals surface area contributed by atoms with Gasteiger partial charge in [-0.1, -0.05) is 12.1 Å². The van der Waals surface area contributed by atoms with Crippen molar-refractivity contribution in [1.82, 2.24) is 9.88 Å². The third kappa shape index (κ3) is 3.84. The summed E-state index contributed by atoms with van der Waals surface area (Å²) in [7, 11) is 1.74. The van der Waals surface area contributed by atoms with Crippen molar-refractivity contribution in [3.8, 4) is 0 Å². The van der Waals surface area contributed by atoms with Gasteiger partial charge in [0, 0.05) is 36.8 Å². The van der Waals surface area contributed by atoms with Crippen LogP contribution in [0.25, 0.3) is 17.0 Å². The SMILES string of the molecule is Cc1oc2c(N)cccc2c1CN(C)C(=O)/C=C/c1cnc2c(c1)NC(C)(C)C(=O)N2. The van der Waals surface area contributed by atoms with E-state index >= 15 is 0 Å². The molecule has 0 saturated carbocycles. The molecule has 0 aliphatic carbocycles. The molecular weight excluding hydrogens is 394 g/mol. The van der Waals surface area contributed by atoms with Gasteiger partial charge in [-0.05, 0) is 44.5 Å². The first-order chi connectivity index (χ1) is 14.7. The summed E-state index contributed by atoms with van der Waals surface area (Å²) in [6, 6.07) is 7.46. The normalized spacial score (nSPS) is 14.9. The van der Waals surface area contributed by atoms with Crippen molar-refractivity contribution in [3.05, 3.63) is 53.4 Å². The van der Waals surface area contributed by atoms with Gasteiger partial charge in [0.15, 0.2) is 11.4 Å². The molecule has 3 heterocycles. The van der Waals surface area contributed by atoms with E-state index < -0.39 is 5.54 Å². The zero-order valence-corrected chi connectivity index (χ0v) is 17.9. The number of nitrogen functional groups attached to an aromatic ring is 1. The molecule has 8 heteroatoms. The first-order valence-corrected chi connectivity index (χ1v) is 9.95. The van der Waals surface area contributed by atoms with E-state index in [0.717, 1.165) is 22.3 Å². The zero-order valence-electron chi connectivity index (χ0n) is 17.9. The number of anilines is 3. The number of fused-ring (bicyclic) bond motifs is 2. The minimum absolute atomic E-state index is 0.142. The van der Waals surface area contributed by atoms with Crippen molar-refractivity contribution < 1.29 is 14.0 Å². The number of furan rings is 1. The van der Waals surface area contributed by atoms with Crippen molar-refractivity contribution in [1.29, 1.82) is 0 Å². The Balaban J connectivity index is 1.50. The number of likely N-dealkylation sites (N-methyl/N-ethyl adjacent to an activating group) is 1. The molecular formula is C23H25N5O3. The van der Waals surface area contributed by atoms with Crippen LogP contribution in [0.3, 0.4) is 0 Å². The summed E-state index contributed by atoms with van der Waals surface area (Å²) >= 11 is 0. The highest BCUT2D eigenvalue weighted by atomic mass is 16.3. The van der Waals surface area contributed by atoms with Gasteiger partial charge in [0.05, 0.1) is 11.4 Å². The van der Waals surface area contributed by atoms with Gasteiger partial charge in [-0.2, -0.15) is 0 Å². The van der Waals surface area contributed by atoms with E-state index in [4.69, 9.17) is 10.2 Å². The van der Waals surface area contributed by atoms with Gasteiger partial charge in [-0.3, -0.25) is 9.59 Å². The summed E-state index contributed by atoms with van der Waals surface area (Å²) in [6.07, 6.45) is 4.82. The second-order valence-electron chi connectivity index (χ2n) is 8.26. The molecule has 160 valence electrons. The Hall–Kier alpha value is -3.81. The molecule has 2 aromatic heterocycles. The van der Waals surface area contributed by atoms with Gasteiger partial charge in [-0.25, -0.2) is 4.98 Å². The summed E-state index contributed by atoms with van der Waals surface area (Å²) in [6.45, 7) is 5.85. The van der Waals surface area contributed by atoms with E-state index in [0.29, 0.717) is 29.3 Å². The number of carbonyl (C=O) groups is 2. The van der Waals surface area contributed by atoms with Crippen LogP contribution in [0.5, 0.6) is 0 Å². The molecule has 4 N–H and O–H groups in total. The summed E-state index contributed by atoms with van der Waals surface area (Å²) in [5.41, 5.74) is 8.88. The first kappa shape index (κ1) is 20.5. The average molecular weight is 419 g/mol. The van der Waals surface area contributed by atoms with E-state index in [1.807, 2.05) is 25.1 Å². The second-order valence-corrected chi connectivity index (χ2v) is 8.26. The molecule has 0 bridgehead atoms. The van der Waals surface area contributed by atoms with Crippen LogP contribution in [-0.2, 0) is 16.1 Å². The minimum atomic E-state index is -0.734. The fourth-order valence-corrected chi connectivity index (χ4v) is 3.54. The second kappa shape index (κ2) is 7.46. The number of nitrogens with two attached hydrogens (primary N) is 1. The molecule has 4 rings (SSSR count). The van der Waals surface area contributed by atoms with E-state index in [1.165, 1.54) is 6.08 Å². The van der Waals surface area contributed by atoms with Gasteiger partial charge in [0.1, 0.15) is 11.3 Å². The van der Waals surface area contributed by atoms with Gasteiger partial charge in [-0.15, -0.1) is 0 Å². The fourth-order valence-electron chi connectivity index (χ4n) is 3.54. The molecule has 1 aromatic carbocycles. The molecule has 31 heavy (non-hydrogen) atoms. The van der Waals surface area contributed by atoms with Crippen LogP contribution in [0, 0.1) is 6.92 Å². The Kier molecular flexibility index (Phi) is 4.93. The fraction of sp³-hybridized carbons (Fsp3) is 0.261. The van der Waals surface area contributed by atoms with Crippen molar-refractivity contribution in [2.24, 2.45) is 0 Å². The number of aromatic nitrogens is 1. The number of nitrogens with zero attached hydrogens (tertiary/aromatic N) is 2. The summed E-state index contributed by atoms with van der Waals surface area (Å²) in [5, 5.41) is 6.86. The maximum atomic E-state index is 12.7. The molecule has 3 aromatic rings. The minimum Gasteiger partial charge on any atom is -0.459 e. The molecule has 0 atom stereocenters. The van der Waals surface area contributed by atoms with Crippen LogP contribution in [0.15, 0.2) is 41.0 Å². The molecule has 0 saturated heterocycles. The summed E-state index contributed by atoms with van der Waals surface area (Å²) in [4.78, 5) is 30.6. The number of carbonyl (C=O) groups excluding carboxylic acids is 2. The van der Waals surface area contributed by atoms with Gasteiger partial charge >= 0.3 is 0 Å². The Morgan fingerprint density at radius 2 is 2.13 bits per heavy atom. The molecule has 0 fully saturated rings. The third-order valence-electron chi connectivity index (χ3n) is 5.40. The lowest BCUT2D eigenvalue weighted by Gasteiger charge is -2.32. The van der Waals surface area contributed by atoms with Crippen LogP contribution in [-0.4, -0.2) is 34.3 Å². The number of para-hydroxylation sites is 1. The van der Waals surface area contributed by atoms with E-state index in [-0.39, 0.29) is 11.8 Å². The number of amides is 2. The number of pyridine rings is 1. The predicted molar refractivity (Wildman–Crippen MR) is 121 cm³/mol. The Morgan fingerprint density at radius 3 is 2.90 bits per heavy atom. The largest absolute Gasteiger partial charge is 0.459 e. The Labute approximate surface area is 180 Å². The summed E-state index contributed by atoms with van der Waals surface area (Å²) in [5.74, 6) is 0.922. The summed E-state index contributed by atoms with van der Waals surface area (Å²) < 4.78 is 5.79. The maximum absolute atomic E-state index is 12.7. The number of benzene rings is 1. The standard InChI is InChI=1S/C23H25N5O3/c1-13-16(15-6-5-7-17(24)20(15)31-13)12-28(4)19(29)9-8-14-10-18-21(25-11-14)26-22(30)23(2,3)27-18/h5-11,27H,12,24H2,1-4H3,(H,25,26,30)/b9-8+. The molecule has 1 aliphatic rings. The van der Waals surface area contributed by atoms with Crippen molar-refractivity contribution >= 4 is 46.1 Å². The maximum Gasteiger partial charge on any atom is 0.250 e. The van der Waals surface area contributed by atoms with Crippen LogP contribution < -0.4 is 16.4 Å². The molecule has 0 spiro atoms. The molecule has 0 radical (unpaired) electrons. The quantitative estimate of drug-likeness (QED) is 0.440. The van der Waals surface area contributed by atoms with Gasteiger partial charge in [0.2, 0.25) is 5.91 Å². The number of rotatable bonds is 4. The van der Waals surface area contributed by atoms with Crippen LogP contribution in [0.1, 0.15) is 30.7 Å². The third-order valence-corrected chi connectivity index (χ3v) is 5.40. The molecule has 2 amide bonds. The highest BCUT2D eigenvalue weighted by Crippen LogP contribution is 2.31. The highest BCUT2D eigenvalue weighted by molar-refractivity contribution is 6.04. The molecule has 0 unspecified atom stereocenters. The van der Waals surface area contributed by atoms with Crippen molar-refractivity contribution in [3.63, 3.8) is 0 Å². The lowest BCUT2D eigenvalue weighted by atomic mass is 10.0. The lowest BCUT2D eigenvalue weighted by Crippen LogP contribution is -2.47. The van der Waals surface area contributed by atoms with Crippen LogP contribution in [0.2, 0.25) is 0 Å². The highest BCUT2D eigenvalue weighted by Gasteiger charge is 2.33. The van der Waals surface area contributed by atoms with E-state index in [1.54, 1.807) is 44.1 Å². The number of hydrogen-bond donors (Lipinski definition) is 3. The first-order valence-electron chi connectivity index (χ1n) is 9.95. The van der Waals surface area contributed by atoms with Gasteiger partial charge < -0.3 is 25.7 Å². The predicted octanol–water partition coefficient (Wildman–Crippen LogP) is 3.53. The van der Waals surface area contributed by atoms with Gasteiger partial charge in [0.25, 0.3) is 5.91 Å². The van der Waals surface area contributed by atoms with E-state index in [9.17, 15) is 9.59 Å². The number of aryl methyl sites for hydroxylation is 1. The Bertz CT molecular complexity index is 1230. The lowest BCUT2D eigenvalue weighted by molar-refractivity contribution is -0.125. The zero-order chi connectivity index (χ0) is 22.3. The van der Waals surface area contributed by atoms with Crippen LogP contribution in [0.4, 0.5) is 17.2 Å². The smallest absolute Gasteiger partial charge is 0.250 e. The number of hydrogen-bond acceptors (Lipinski definition) is 6. The monoisotopic (exact) mass is 419 g/mol. The Morgan fingerprint density at radius 1 is 1.35 bits per heavy atom. The topological polar surface area (TPSA) is 113 Å². The average Bonchev–Trinajstić information content (AvgIpc) is 3.03. The van der Waals surface area contributed by atoms with E-state index in [2.05, 4.69) is 15.6 Å². The van der Waals surface area contributed by atoms with Crippen molar-refractivity contribution in [2.45, 2.75) is 32.9 Å². The van der Waals surface area contributed by atoms with Crippen molar-refractivity contribution in [2.75, 3.05) is 23.4 Å². The molecule has 1 aliphatic heterocycles. The number of nitrogens with one attached hydrogen (secondary N) is 2. The van der Waals surface area contributed by atoms with Crippen LogP contribution >= 0.6 is 0 Å².